The molecule has 2 aromatic rings. The van der Waals surface area contributed by atoms with Crippen LogP contribution in [0.25, 0.3) is 0 Å². The number of nitrogens with one attached hydrogen (secondary N) is 1. The molecular formula is C18H24N6O. The van der Waals surface area contributed by atoms with Crippen LogP contribution in [0, 0.1) is 20.8 Å². The van der Waals surface area contributed by atoms with Gasteiger partial charge in [0, 0.05) is 38.8 Å². The molecule has 1 N–H and O–H groups in total. The maximum atomic E-state index is 11.4. The van der Waals surface area contributed by atoms with Gasteiger partial charge in [-0.2, -0.15) is 10.1 Å². The van der Waals surface area contributed by atoms with Crippen LogP contribution in [-0.2, 0) is 4.79 Å². The van der Waals surface area contributed by atoms with Crippen molar-refractivity contribution in [1.82, 2.24) is 20.1 Å². The first kappa shape index (κ1) is 17.1. The lowest BCUT2D eigenvalue weighted by molar-refractivity contribution is -0.129. The minimum absolute atomic E-state index is 0.111. The largest absolute Gasteiger partial charge is 0.339 e. The minimum Gasteiger partial charge on any atom is -0.339 e. The van der Waals surface area contributed by atoms with Crippen LogP contribution in [0.4, 0.5) is 17.5 Å². The molecule has 7 heteroatoms. The van der Waals surface area contributed by atoms with Gasteiger partial charge in [-0.15, -0.1) is 5.10 Å². The summed E-state index contributed by atoms with van der Waals surface area (Å²) in [6, 6.07) is 4.29. The summed E-state index contributed by atoms with van der Waals surface area (Å²) >= 11 is 0. The van der Waals surface area contributed by atoms with Crippen molar-refractivity contribution in [3.8, 4) is 0 Å². The van der Waals surface area contributed by atoms with Crippen LogP contribution in [0.5, 0.6) is 0 Å². The van der Waals surface area contributed by atoms with Gasteiger partial charge in [0.05, 0.1) is 6.20 Å². The average molecular weight is 340 g/mol. The predicted molar refractivity (Wildman–Crippen MR) is 98.2 cm³/mol. The van der Waals surface area contributed by atoms with Crippen LogP contribution in [-0.4, -0.2) is 52.2 Å². The van der Waals surface area contributed by atoms with E-state index in [4.69, 9.17) is 0 Å². The Kier molecular flexibility index (Phi) is 4.83. The fraction of sp³-hybridized carbons (Fsp3) is 0.444. The standard InChI is InChI=1S/C18H24N6O/c1-12-9-13(2)17(14(3)10-12)20-16-11-19-22-18(21-16)24-7-5-23(6-8-24)15(4)25/h9-11H,5-8H2,1-4H3,(H,20,21,22). The first-order chi connectivity index (χ1) is 11.9. The predicted octanol–water partition coefficient (Wildman–Crippen LogP) is 2.21. The Labute approximate surface area is 148 Å². The van der Waals surface area contributed by atoms with E-state index >= 15 is 0 Å². The van der Waals surface area contributed by atoms with Crippen molar-refractivity contribution in [3.63, 3.8) is 0 Å². The lowest BCUT2D eigenvalue weighted by Gasteiger charge is -2.33. The monoisotopic (exact) mass is 340 g/mol. The molecule has 1 saturated heterocycles. The number of carbonyl (C=O) groups is 1. The maximum absolute atomic E-state index is 11.4. The molecular weight excluding hydrogens is 316 g/mol. The topological polar surface area (TPSA) is 74.2 Å². The summed E-state index contributed by atoms with van der Waals surface area (Å²) in [6.45, 7) is 10.7. The fourth-order valence-corrected chi connectivity index (χ4v) is 3.21. The lowest BCUT2D eigenvalue weighted by atomic mass is 10.1. The van der Waals surface area contributed by atoms with Gasteiger partial charge in [0.15, 0.2) is 5.82 Å². The van der Waals surface area contributed by atoms with Crippen LogP contribution in [0.15, 0.2) is 18.3 Å². The van der Waals surface area contributed by atoms with Gasteiger partial charge in [0.2, 0.25) is 11.9 Å². The van der Waals surface area contributed by atoms with Crippen molar-refractivity contribution in [2.45, 2.75) is 27.7 Å². The molecule has 0 aliphatic carbocycles. The van der Waals surface area contributed by atoms with Gasteiger partial charge in [-0.3, -0.25) is 4.79 Å². The number of piperazine rings is 1. The number of hydrogen-bond donors (Lipinski definition) is 1. The fourth-order valence-electron chi connectivity index (χ4n) is 3.21. The first-order valence-corrected chi connectivity index (χ1v) is 8.49. The van der Waals surface area contributed by atoms with Gasteiger partial charge < -0.3 is 15.1 Å². The number of rotatable bonds is 3. The molecule has 0 radical (unpaired) electrons. The molecule has 1 aromatic heterocycles. The van der Waals surface area contributed by atoms with Gasteiger partial charge in [-0.25, -0.2) is 0 Å². The van der Waals surface area contributed by atoms with Crippen LogP contribution in [0.1, 0.15) is 23.6 Å². The third-order valence-corrected chi connectivity index (χ3v) is 4.49. The maximum Gasteiger partial charge on any atom is 0.247 e. The first-order valence-electron chi connectivity index (χ1n) is 8.49. The van der Waals surface area contributed by atoms with Gasteiger partial charge in [-0.1, -0.05) is 17.7 Å². The van der Waals surface area contributed by atoms with Crippen molar-refractivity contribution in [1.29, 1.82) is 0 Å². The molecule has 0 spiro atoms. The lowest BCUT2D eigenvalue weighted by Crippen LogP contribution is -2.48. The van der Waals surface area contributed by atoms with Crippen LogP contribution in [0.2, 0.25) is 0 Å². The summed E-state index contributed by atoms with van der Waals surface area (Å²) in [5, 5.41) is 11.6. The molecule has 0 saturated carbocycles. The molecule has 132 valence electrons. The second kappa shape index (κ2) is 7.04. The molecule has 1 aliphatic rings. The number of nitrogens with zero attached hydrogens (tertiary/aromatic N) is 5. The van der Waals surface area contributed by atoms with Crippen molar-refractivity contribution >= 4 is 23.4 Å². The van der Waals surface area contributed by atoms with Crippen molar-refractivity contribution in [2.24, 2.45) is 0 Å². The SMILES string of the molecule is CC(=O)N1CCN(c2nncc(Nc3c(C)cc(C)cc3C)n2)CC1. The van der Waals surface area contributed by atoms with E-state index in [2.05, 4.69) is 58.3 Å². The number of amides is 1. The molecule has 3 rings (SSSR count). The number of hydrogen-bond acceptors (Lipinski definition) is 6. The van der Waals surface area contributed by atoms with E-state index in [1.54, 1.807) is 13.1 Å². The third kappa shape index (κ3) is 3.87. The summed E-state index contributed by atoms with van der Waals surface area (Å²) < 4.78 is 0. The van der Waals surface area contributed by atoms with Gasteiger partial charge in [-0.05, 0) is 31.9 Å². The molecule has 0 unspecified atom stereocenters. The zero-order chi connectivity index (χ0) is 18.0. The summed E-state index contributed by atoms with van der Waals surface area (Å²) in [5.41, 5.74) is 4.64. The highest BCUT2D eigenvalue weighted by molar-refractivity contribution is 5.73. The van der Waals surface area contributed by atoms with Crippen molar-refractivity contribution in [2.75, 3.05) is 36.4 Å². The Morgan fingerprint density at radius 3 is 2.32 bits per heavy atom. The Hall–Kier alpha value is -2.70. The highest BCUT2D eigenvalue weighted by Gasteiger charge is 2.21. The Balaban J connectivity index is 1.76. The van der Waals surface area contributed by atoms with E-state index in [1.807, 2.05) is 4.90 Å². The molecule has 2 heterocycles. The Morgan fingerprint density at radius 1 is 1.08 bits per heavy atom. The van der Waals surface area contributed by atoms with Crippen molar-refractivity contribution < 1.29 is 4.79 Å². The quantitative estimate of drug-likeness (QED) is 0.923. The zero-order valence-corrected chi connectivity index (χ0v) is 15.2. The number of aromatic nitrogens is 3. The minimum atomic E-state index is 0.111. The van der Waals surface area contributed by atoms with Crippen LogP contribution >= 0.6 is 0 Å². The second-order valence-corrected chi connectivity index (χ2v) is 6.53. The normalized spacial score (nSPS) is 14.6. The molecule has 1 fully saturated rings. The summed E-state index contributed by atoms with van der Waals surface area (Å²) in [5.74, 6) is 1.38. The molecule has 25 heavy (non-hydrogen) atoms. The van der Waals surface area contributed by atoms with Crippen LogP contribution in [0.3, 0.4) is 0 Å². The van der Waals surface area contributed by atoms with Crippen molar-refractivity contribution in [3.05, 3.63) is 35.0 Å². The molecule has 1 aromatic carbocycles. The molecule has 1 amide bonds. The molecule has 0 bridgehead atoms. The summed E-state index contributed by atoms with van der Waals surface area (Å²) in [6.07, 6.45) is 1.63. The van der Waals surface area contributed by atoms with E-state index in [0.29, 0.717) is 37.9 Å². The smallest absolute Gasteiger partial charge is 0.247 e. The van der Waals surface area contributed by atoms with Gasteiger partial charge in [0.25, 0.3) is 0 Å². The number of carbonyl (C=O) groups excluding carboxylic acids is 1. The zero-order valence-electron chi connectivity index (χ0n) is 15.2. The van der Waals surface area contributed by atoms with E-state index in [1.165, 1.54) is 16.7 Å². The van der Waals surface area contributed by atoms with E-state index in [-0.39, 0.29) is 5.91 Å². The second-order valence-electron chi connectivity index (χ2n) is 6.53. The van der Waals surface area contributed by atoms with Gasteiger partial charge >= 0.3 is 0 Å². The highest BCUT2D eigenvalue weighted by Crippen LogP contribution is 2.25. The average Bonchev–Trinajstić information content (AvgIpc) is 2.58. The highest BCUT2D eigenvalue weighted by atomic mass is 16.2. The number of anilines is 3. The van der Waals surface area contributed by atoms with Crippen LogP contribution < -0.4 is 10.2 Å². The third-order valence-electron chi connectivity index (χ3n) is 4.49. The molecule has 0 atom stereocenters. The Bertz CT molecular complexity index is 760. The molecule has 7 nitrogen and oxygen atoms in total. The number of aryl methyl sites for hydroxylation is 3. The Morgan fingerprint density at radius 2 is 1.72 bits per heavy atom. The van der Waals surface area contributed by atoms with E-state index in [0.717, 1.165) is 5.69 Å². The summed E-state index contributed by atoms with van der Waals surface area (Å²) in [7, 11) is 0. The summed E-state index contributed by atoms with van der Waals surface area (Å²) in [4.78, 5) is 19.9. The number of benzene rings is 1. The van der Waals surface area contributed by atoms with E-state index in [9.17, 15) is 4.79 Å². The van der Waals surface area contributed by atoms with E-state index < -0.39 is 0 Å². The molecule has 1 aliphatic heterocycles. The van der Waals surface area contributed by atoms with Gasteiger partial charge in [0.1, 0.15) is 0 Å².